The Morgan fingerprint density at radius 3 is 2.62 bits per heavy atom. The van der Waals surface area contributed by atoms with E-state index in [1.807, 2.05) is 0 Å². The van der Waals surface area contributed by atoms with Gasteiger partial charge in [0.15, 0.2) is 0 Å². The van der Waals surface area contributed by atoms with E-state index in [0.29, 0.717) is 24.4 Å². The Morgan fingerprint density at radius 1 is 1.10 bits per heavy atom. The van der Waals surface area contributed by atoms with Gasteiger partial charge in [0, 0.05) is 17.9 Å². The third-order valence-electron chi connectivity index (χ3n) is 5.37. The van der Waals surface area contributed by atoms with Gasteiger partial charge in [-0.05, 0) is 43.7 Å². The Bertz CT molecular complexity index is 473. The van der Waals surface area contributed by atoms with E-state index in [-0.39, 0.29) is 11.8 Å². The minimum atomic E-state index is 0.145. The van der Waals surface area contributed by atoms with E-state index in [0.717, 1.165) is 25.7 Å². The van der Waals surface area contributed by atoms with Crippen LogP contribution in [-0.4, -0.2) is 18.5 Å². The maximum atomic E-state index is 12.6. The molecule has 0 heterocycles. The quantitative estimate of drug-likeness (QED) is 0.894. The van der Waals surface area contributed by atoms with Crippen molar-refractivity contribution < 1.29 is 4.79 Å². The van der Waals surface area contributed by atoms with Crippen molar-refractivity contribution in [1.82, 2.24) is 5.32 Å². The summed E-state index contributed by atoms with van der Waals surface area (Å²) in [7, 11) is 0. The number of benzene rings is 1. The van der Waals surface area contributed by atoms with Crippen LogP contribution < -0.4 is 11.1 Å². The smallest absolute Gasteiger partial charge is 0.223 e. The van der Waals surface area contributed by atoms with Gasteiger partial charge in [-0.3, -0.25) is 4.79 Å². The van der Waals surface area contributed by atoms with Crippen molar-refractivity contribution in [3.8, 4) is 0 Å². The lowest BCUT2D eigenvalue weighted by molar-refractivity contribution is -0.126. The number of carbonyl (C=O) groups is 1. The van der Waals surface area contributed by atoms with Crippen LogP contribution in [0, 0.1) is 11.8 Å². The lowest BCUT2D eigenvalue weighted by Crippen LogP contribution is -2.42. The van der Waals surface area contributed by atoms with E-state index in [1.54, 1.807) is 0 Å². The molecule has 1 amide bonds. The first-order valence-corrected chi connectivity index (χ1v) is 8.35. The van der Waals surface area contributed by atoms with Crippen molar-refractivity contribution in [1.29, 1.82) is 0 Å². The fraction of sp³-hybridized carbons (Fsp3) is 0.611. The van der Waals surface area contributed by atoms with E-state index >= 15 is 0 Å². The fourth-order valence-electron chi connectivity index (χ4n) is 4.19. The van der Waals surface area contributed by atoms with Crippen molar-refractivity contribution in [3.05, 3.63) is 35.9 Å². The van der Waals surface area contributed by atoms with Crippen molar-refractivity contribution >= 4 is 5.91 Å². The second kappa shape index (κ2) is 6.61. The van der Waals surface area contributed by atoms with Gasteiger partial charge in [0.25, 0.3) is 0 Å². The zero-order valence-electron chi connectivity index (χ0n) is 12.6. The lowest BCUT2D eigenvalue weighted by atomic mass is 9.91. The van der Waals surface area contributed by atoms with Crippen LogP contribution in [-0.2, 0) is 4.79 Å². The predicted octanol–water partition coefficient (Wildman–Crippen LogP) is 2.81. The van der Waals surface area contributed by atoms with Gasteiger partial charge in [-0.15, -0.1) is 0 Å². The normalized spacial score (nSPS) is 32.2. The molecule has 114 valence electrons. The SMILES string of the molecule is NC[C@H]1CCC[C@H]1C(=O)NC1CCCC1c1ccccc1. The van der Waals surface area contributed by atoms with Gasteiger partial charge in [0.2, 0.25) is 5.91 Å². The molecule has 0 radical (unpaired) electrons. The van der Waals surface area contributed by atoms with Gasteiger partial charge < -0.3 is 11.1 Å². The highest BCUT2D eigenvalue weighted by Gasteiger charge is 2.35. The van der Waals surface area contributed by atoms with Gasteiger partial charge in [-0.25, -0.2) is 0 Å². The van der Waals surface area contributed by atoms with Crippen molar-refractivity contribution in [2.24, 2.45) is 17.6 Å². The molecule has 3 heteroatoms. The molecule has 2 aliphatic rings. The minimum absolute atomic E-state index is 0.145. The number of carbonyl (C=O) groups excluding carboxylic acids is 1. The summed E-state index contributed by atoms with van der Waals surface area (Å²) >= 11 is 0. The maximum Gasteiger partial charge on any atom is 0.223 e. The highest BCUT2D eigenvalue weighted by Crippen LogP contribution is 2.36. The molecule has 0 spiro atoms. The van der Waals surface area contributed by atoms with Gasteiger partial charge >= 0.3 is 0 Å². The number of nitrogens with one attached hydrogen (secondary N) is 1. The minimum Gasteiger partial charge on any atom is -0.353 e. The third kappa shape index (κ3) is 3.13. The number of rotatable bonds is 4. The summed E-state index contributed by atoms with van der Waals surface area (Å²) in [6, 6.07) is 10.9. The van der Waals surface area contributed by atoms with Crippen LogP contribution in [0.2, 0.25) is 0 Å². The maximum absolute atomic E-state index is 12.6. The molecule has 4 atom stereocenters. The molecule has 2 unspecified atom stereocenters. The van der Waals surface area contributed by atoms with Gasteiger partial charge in [-0.2, -0.15) is 0 Å². The number of hydrogen-bond donors (Lipinski definition) is 2. The van der Waals surface area contributed by atoms with Crippen LogP contribution in [0.4, 0.5) is 0 Å². The lowest BCUT2D eigenvalue weighted by Gasteiger charge is -2.25. The third-order valence-corrected chi connectivity index (χ3v) is 5.37. The molecule has 3 nitrogen and oxygen atoms in total. The predicted molar refractivity (Wildman–Crippen MR) is 84.9 cm³/mol. The summed E-state index contributed by atoms with van der Waals surface area (Å²) in [5.41, 5.74) is 7.17. The molecule has 0 bridgehead atoms. The first kappa shape index (κ1) is 14.6. The van der Waals surface area contributed by atoms with Gasteiger partial charge in [0.1, 0.15) is 0 Å². The summed E-state index contributed by atoms with van der Waals surface area (Å²) in [6.07, 6.45) is 6.76. The van der Waals surface area contributed by atoms with Crippen LogP contribution in [0.1, 0.15) is 50.0 Å². The van der Waals surface area contributed by atoms with E-state index in [9.17, 15) is 4.79 Å². The molecule has 0 aromatic heterocycles. The molecule has 1 aromatic carbocycles. The fourth-order valence-corrected chi connectivity index (χ4v) is 4.19. The zero-order valence-corrected chi connectivity index (χ0v) is 12.6. The molecule has 3 rings (SSSR count). The Kier molecular flexibility index (Phi) is 4.59. The molecule has 3 N–H and O–H groups in total. The Morgan fingerprint density at radius 2 is 1.86 bits per heavy atom. The highest BCUT2D eigenvalue weighted by molar-refractivity contribution is 5.79. The van der Waals surface area contributed by atoms with Crippen molar-refractivity contribution in [3.63, 3.8) is 0 Å². The molecule has 2 saturated carbocycles. The van der Waals surface area contributed by atoms with Crippen molar-refractivity contribution in [2.45, 2.75) is 50.5 Å². The van der Waals surface area contributed by atoms with E-state index < -0.39 is 0 Å². The van der Waals surface area contributed by atoms with Crippen LogP contribution in [0.5, 0.6) is 0 Å². The molecule has 21 heavy (non-hydrogen) atoms. The van der Waals surface area contributed by atoms with E-state index in [4.69, 9.17) is 5.73 Å². The summed E-state index contributed by atoms with van der Waals surface area (Å²) in [6.45, 7) is 0.644. The Labute approximate surface area is 127 Å². The van der Waals surface area contributed by atoms with Crippen molar-refractivity contribution in [2.75, 3.05) is 6.54 Å². The molecular weight excluding hydrogens is 260 g/mol. The average molecular weight is 286 g/mol. The number of amides is 1. The van der Waals surface area contributed by atoms with Crippen LogP contribution >= 0.6 is 0 Å². The summed E-state index contributed by atoms with van der Waals surface area (Å²) < 4.78 is 0. The number of hydrogen-bond acceptors (Lipinski definition) is 2. The second-order valence-corrected chi connectivity index (χ2v) is 6.60. The molecule has 2 fully saturated rings. The van der Waals surface area contributed by atoms with E-state index in [2.05, 4.69) is 35.6 Å². The first-order valence-electron chi connectivity index (χ1n) is 8.35. The van der Waals surface area contributed by atoms with Crippen LogP contribution in [0.25, 0.3) is 0 Å². The topological polar surface area (TPSA) is 55.1 Å². The number of nitrogens with two attached hydrogens (primary N) is 1. The highest BCUT2D eigenvalue weighted by atomic mass is 16.2. The molecule has 1 aromatic rings. The van der Waals surface area contributed by atoms with Gasteiger partial charge in [-0.1, -0.05) is 43.2 Å². The summed E-state index contributed by atoms with van der Waals surface area (Å²) in [5, 5.41) is 3.34. The molecule has 2 aliphatic carbocycles. The standard InChI is InChI=1S/C18H26N2O/c19-12-14-8-4-10-16(14)18(21)20-17-11-5-9-15(17)13-6-2-1-3-7-13/h1-3,6-7,14-17H,4-5,8-12,19H2,(H,20,21)/t14-,15?,16-,17?/m1/s1. The largest absolute Gasteiger partial charge is 0.353 e. The summed E-state index contributed by atoms with van der Waals surface area (Å²) in [4.78, 5) is 12.6. The first-order chi connectivity index (χ1) is 10.3. The van der Waals surface area contributed by atoms with E-state index in [1.165, 1.54) is 18.4 Å². The average Bonchev–Trinajstić information content (AvgIpc) is 3.16. The van der Waals surface area contributed by atoms with Crippen LogP contribution in [0.15, 0.2) is 30.3 Å². The Hall–Kier alpha value is -1.35. The monoisotopic (exact) mass is 286 g/mol. The zero-order chi connectivity index (χ0) is 14.7. The molecular formula is C18H26N2O. The van der Waals surface area contributed by atoms with Gasteiger partial charge in [0.05, 0.1) is 0 Å². The second-order valence-electron chi connectivity index (χ2n) is 6.60. The Balaban J connectivity index is 1.65. The molecule has 0 aliphatic heterocycles. The van der Waals surface area contributed by atoms with Crippen LogP contribution in [0.3, 0.4) is 0 Å². The molecule has 0 saturated heterocycles. The summed E-state index contributed by atoms with van der Waals surface area (Å²) in [5.74, 6) is 1.26.